The van der Waals surface area contributed by atoms with Crippen LogP contribution in [0.5, 0.6) is 17.2 Å². The van der Waals surface area contributed by atoms with E-state index in [1.54, 1.807) is 38.2 Å². The lowest BCUT2D eigenvalue weighted by molar-refractivity contribution is -0.137. The van der Waals surface area contributed by atoms with E-state index >= 15 is 0 Å². The van der Waals surface area contributed by atoms with Crippen LogP contribution in [0.3, 0.4) is 0 Å². The molecule has 5 amide bonds. The molecule has 2 heterocycles. The average molecular weight is 658 g/mol. The first-order valence-corrected chi connectivity index (χ1v) is 14.7. The Hall–Kier alpha value is -5.18. The number of carbonyl (C=O) groups is 3. The van der Waals surface area contributed by atoms with Crippen molar-refractivity contribution >= 4 is 35.0 Å². The summed E-state index contributed by atoms with van der Waals surface area (Å²) in [6, 6.07) is 11.7. The minimum absolute atomic E-state index is 0.0383. The Morgan fingerprint density at radius 3 is 2.43 bits per heavy atom. The van der Waals surface area contributed by atoms with Crippen molar-refractivity contribution in [1.29, 1.82) is 0 Å². The summed E-state index contributed by atoms with van der Waals surface area (Å²) in [5.41, 5.74) is -0.0420. The highest BCUT2D eigenvalue weighted by atomic mass is 19.4. The van der Waals surface area contributed by atoms with Crippen LogP contribution in [-0.4, -0.2) is 78.6 Å². The second kappa shape index (κ2) is 13.7. The number of alkyl halides is 3. The van der Waals surface area contributed by atoms with E-state index in [1.807, 2.05) is 6.92 Å². The van der Waals surface area contributed by atoms with Crippen LogP contribution in [0.25, 0.3) is 0 Å². The Morgan fingerprint density at radius 1 is 1.02 bits per heavy atom. The zero-order chi connectivity index (χ0) is 33.9. The number of carbonyl (C=O) groups excluding carboxylic acids is 3. The second-order valence-corrected chi connectivity index (χ2v) is 11.3. The predicted octanol–water partition coefficient (Wildman–Crippen LogP) is 5.46. The molecule has 3 atom stereocenters. The van der Waals surface area contributed by atoms with Crippen molar-refractivity contribution in [1.82, 2.24) is 9.80 Å². The molecule has 0 fully saturated rings. The molecule has 0 radical (unpaired) electrons. The third-order valence-corrected chi connectivity index (χ3v) is 7.83. The molecule has 15 heteroatoms. The summed E-state index contributed by atoms with van der Waals surface area (Å²) >= 11 is 0. The summed E-state index contributed by atoms with van der Waals surface area (Å²) in [5.74, 6) is 0.324. The summed E-state index contributed by atoms with van der Waals surface area (Å²) in [6.07, 6.45) is -5.22. The van der Waals surface area contributed by atoms with E-state index in [9.17, 15) is 32.7 Å². The number of aliphatic hydroxyl groups excluding tert-OH is 1. The number of para-hydroxylation sites is 1. The molecule has 2 aliphatic rings. The number of hydrogen-bond donors (Lipinski definition) is 4. The molecule has 2 aliphatic heterocycles. The van der Waals surface area contributed by atoms with Crippen LogP contribution < -0.4 is 30.2 Å². The molecule has 0 aliphatic carbocycles. The van der Waals surface area contributed by atoms with E-state index in [4.69, 9.17) is 14.2 Å². The molecule has 4 N–H and O–H groups in total. The molecule has 0 unspecified atom stereocenters. The zero-order valence-electron chi connectivity index (χ0n) is 25.8. The van der Waals surface area contributed by atoms with Gasteiger partial charge in [-0.25, -0.2) is 9.59 Å². The van der Waals surface area contributed by atoms with Crippen molar-refractivity contribution < 1.29 is 46.9 Å². The Bertz CT molecular complexity index is 1640. The number of aliphatic hydroxyl groups is 1. The third-order valence-electron chi connectivity index (χ3n) is 7.83. The second-order valence-electron chi connectivity index (χ2n) is 11.3. The lowest BCUT2D eigenvalue weighted by Crippen LogP contribution is -2.50. The highest BCUT2D eigenvalue weighted by Gasteiger charge is 2.35. The fourth-order valence-corrected chi connectivity index (χ4v) is 5.13. The van der Waals surface area contributed by atoms with Crippen molar-refractivity contribution in [3.8, 4) is 17.2 Å². The number of nitrogens with zero attached hydrogens (tertiary/aromatic N) is 2. The van der Waals surface area contributed by atoms with E-state index in [1.165, 1.54) is 21.9 Å². The van der Waals surface area contributed by atoms with Crippen molar-refractivity contribution in [3.63, 3.8) is 0 Å². The SMILES string of the molecule is C[C@@H]1CN([C@H](C)CO)C(=O)c2cccc(NC(=O)Nc3ccc(C(F)(F)F)cc3)c2O[C@H]1CN(C)C(=O)Nc1ccc2c(c1)OCO2. The molecule has 12 nitrogen and oxygen atoms in total. The minimum atomic E-state index is -4.53. The van der Waals surface area contributed by atoms with Gasteiger partial charge in [0.1, 0.15) is 6.10 Å². The molecular formula is C32H34F3N5O7. The number of ether oxygens (including phenoxy) is 3. The van der Waals surface area contributed by atoms with Gasteiger partial charge in [-0.3, -0.25) is 4.79 Å². The molecule has 0 aromatic heterocycles. The molecule has 0 spiro atoms. The molecular weight excluding hydrogens is 623 g/mol. The molecule has 0 saturated carbocycles. The number of fused-ring (bicyclic) bond motifs is 2. The molecule has 0 bridgehead atoms. The number of anilines is 3. The highest BCUT2D eigenvalue weighted by Crippen LogP contribution is 2.36. The van der Waals surface area contributed by atoms with E-state index in [0.29, 0.717) is 17.2 Å². The first-order valence-electron chi connectivity index (χ1n) is 14.7. The van der Waals surface area contributed by atoms with Gasteiger partial charge in [0, 0.05) is 37.0 Å². The fraction of sp³-hybridized carbons (Fsp3) is 0.344. The summed E-state index contributed by atoms with van der Waals surface area (Å²) in [5, 5.41) is 17.8. The van der Waals surface area contributed by atoms with Gasteiger partial charge in [-0.05, 0) is 55.5 Å². The number of halogens is 3. The van der Waals surface area contributed by atoms with E-state index in [0.717, 1.165) is 24.3 Å². The first-order chi connectivity index (χ1) is 22.3. The Labute approximate surface area is 268 Å². The van der Waals surface area contributed by atoms with Gasteiger partial charge >= 0.3 is 18.2 Å². The van der Waals surface area contributed by atoms with Crippen LogP contribution in [0.4, 0.5) is 39.8 Å². The van der Waals surface area contributed by atoms with Gasteiger partial charge in [0.25, 0.3) is 5.91 Å². The zero-order valence-corrected chi connectivity index (χ0v) is 25.8. The van der Waals surface area contributed by atoms with Crippen LogP contribution in [-0.2, 0) is 6.18 Å². The van der Waals surface area contributed by atoms with E-state index in [2.05, 4.69) is 16.0 Å². The quantitative estimate of drug-likeness (QED) is 0.264. The molecule has 250 valence electrons. The van der Waals surface area contributed by atoms with Crippen LogP contribution in [0.2, 0.25) is 0 Å². The van der Waals surface area contributed by atoms with Crippen LogP contribution in [0.15, 0.2) is 60.7 Å². The lowest BCUT2D eigenvalue weighted by atomic mass is 9.99. The predicted molar refractivity (Wildman–Crippen MR) is 166 cm³/mol. The Morgan fingerprint density at radius 2 is 1.72 bits per heavy atom. The molecule has 3 aromatic carbocycles. The fourth-order valence-electron chi connectivity index (χ4n) is 5.13. The van der Waals surface area contributed by atoms with Gasteiger partial charge in [-0.1, -0.05) is 13.0 Å². The van der Waals surface area contributed by atoms with Gasteiger partial charge in [-0.2, -0.15) is 13.2 Å². The van der Waals surface area contributed by atoms with Crippen LogP contribution in [0, 0.1) is 5.92 Å². The number of nitrogens with one attached hydrogen (secondary N) is 3. The van der Waals surface area contributed by atoms with Crippen molar-refractivity contribution in [2.45, 2.75) is 32.2 Å². The number of benzene rings is 3. The number of rotatable bonds is 7. The summed E-state index contributed by atoms with van der Waals surface area (Å²) in [6.45, 7) is 3.61. The van der Waals surface area contributed by atoms with Crippen molar-refractivity contribution in [2.75, 3.05) is 49.5 Å². The van der Waals surface area contributed by atoms with Gasteiger partial charge in [0.15, 0.2) is 17.2 Å². The molecule has 0 saturated heterocycles. The number of hydrogen-bond acceptors (Lipinski definition) is 7. The highest BCUT2D eigenvalue weighted by molar-refractivity contribution is 6.04. The standard InChI is InChI=1S/C32H34F3N5O7/c1-18-14-40(19(2)16-41)29(42)23-5-4-6-24(38-30(43)36-21-9-7-20(8-10-21)32(33,34)35)28(23)47-27(18)15-39(3)31(44)37-22-11-12-25-26(13-22)46-17-45-25/h4-13,18-19,27,41H,14-17H2,1-3H3,(H,37,44)(H2,36,38,43)/t18-,19-,27+/m1/s1. The molecule has 47 heavy (non-hydrogen) atoms. The minimum Gasteiger partial charge on any atom is -0.485 e. The number of urea groups is 2. The first kappa shape index (κ1) is 33.2. The van der Waals surface area contributed by atoms with Gasteiger partial charge < -0.3 is 45.1 Å². The van der Waals surface area contributed by atoms with Crippen molar-refractivity contribution in [2.24, 2.45) is 5.92 Å². The normalized spacial score (nSPS) is 17.9. The summed E-state index contributed by atoms with van der Waals surface area (Å²) in [4.78, 5) is 42.8. The lowest BCUT2D eigenvalue weighted by Gasteiger charge is -2.38. The third kappa shape index (κ3) is 7.62. The molecule has 5 rings (SSSR count). The maximum Gasteiger partial charge on any atom is 0.416 e. The topological polar surface area (TPSA) is 142 Å². The van der Waals surface area contributed by atoms with Gasteiger partial charge in [0.05, 0.1) is 36.0 Å². The van der Waals surface area contributed by atoms with Gasteiger partial charge in [0.2, 0.25) is 6.79 Å². The number of amides is 5. The molecule has 3 aromatic rings. The van der Waals surface area contributed by atoms with Crippen molar-refractivity contribution in [3.05, 3.63) is 71.8 Å². The van der Waals surface area contributed by atoms with E-state index in [-0.39, 0.29) is 55.1 Å². The van der Waals surface area contributed by atoms with Crippen LogP contribution >= 0.6 is 0 Å². The Kier molecular flexibility index (Phi) is 9.65. The Balaban J connectivity index is 1.37. The maximum atomic E-state index is 13.7. The van der Waals surface area contributed by atoms with E-state index < -0.39 is 41.9 Å². The number of likely N-dealkylation sites (N-methyl/N-ethyl adjacent to an activating group) is 1. The maximum absolute atomic E-state index is 13.7. The average Bonchev–Trinajstić information content (AvgIpc) is 3.50. The smallest absolute Gasteiger partial charge is 0.416 e. The van der Waals surface area contributed by atoms with Gasteiger partial charge in [-0.15, -0.1) is 0 Å². The summed E-state index contributed by atoms with van der Waals surface area (Å²) in [7, 11) is 1.58. The largest absolute Gasteiger partial charge is 0.485 e. The van der Waals surface area contributed by atoms with Crippen LogP contribution in [0.1, 0.15) is 29.8 Å². The monoisotopic (exact) mass is 657 g/mol. The summed E-state index contributed by atoms with van der Waals surface area (Å²) < 4.78 is 56.0.